The van der Waals surface area contributed by atoms with E-state index < -0.39 is 0 Å². The van der Waals surface area contributed by atoms with E-state index in [1.54, 1.807) is 6.08 Å². The molecule has 0 heterocycles. The molecule has 0 aromatic carbocycles. The monoisotopic (exact) mass is 158 g/mol. The summed E-state index contributed by atoms with van der Waals surface area (Å²) in [5, 5.41) is 0. The van der Waals surface area contributed by atoms with Crippen LogP contribution in [0.5, 0.6) is 0 Å². The highest BCUT2D eigenvalue weighted by atomic mass is 79.9. The van der Waals surface area contributed by atoms with E-state index in [9.17, 15) is 0 Å². The molecule has 0 N–H and O–H groups in total. The van der Waals surface area contributed by atoms with Gasteiger partial charge < -0.3 is 0 Å². The molecule has 0 fully saturated rings. The lowest BCUT2D eigenvalue weighted by molar-refractivity contribution is 1.13. The Morgan fingerprint density at radius 2 is 2.57 bits per heavy atom. The summed E-state index contributed by atoms with van der Waals surface area (Å²) in [5.41, 5.74) is 0. The zero-order valence-corrected chi connectivity index (χ0v) is 5.61. The molecule has 38 valence electrons. The van der Waals surface area contributed by atoms with Gasteiger partial charge in [0.15, 0.2) is 0 Å². The molecule has 0 aromatic heterocycles. The van der Waals surface area contributed by atoms with E-state index >= 15 is 0 Å². The van der Waals surface area contributed by atoms with Crippen LogP contribution in [0.4, 0.5) is 0 Å². The number of alkyl halides is 1. The number of allylic oxidation sites excluding steroid dienone is 1. The van der Waals surface area contributed by atoms with Crippen molar-refractivity contribution in [3.63, 3.8) is 0 Å². The van der Waals surface area contributed by atoms with E-state index in [2.05, 4.69) is 28.4 Å². The molecule has 7 heavy (non-hydrogen) atoms. The van der Waals surface area contributed by atoms with Crippen LogP contribution in [0.15, 0.2) is 12.7 Å². The highest BCUT2D eigenvalue weighted by Gasteiger charge is 1.89. The number of halogens is 1. The van der Waals surface area contributed by atoms with Crippen LogP contribution in [0, 0.1) is 12.3 Å². The van der Waals surface area contributed by atoms with Crippen molar-refractivity contribution in [2.75, 3.05) is 0 Å². The second-order valence-corrected chi connectivity index (χ2v) is 2.26. The van der Waals surface area contributed by atoms with Crippen molar-refractivity contribution in [2.45, 2.75) is 11.2 Å². The van der Waals surface area contributed by atoms with Gasteiger partial charge in [0.25, 0.3) is 0 Å². The predicted octanol–water partition coefficient (Wildman–Crippen LogP) is 1.96. The molecule has 1 unspecified atom stereocenters. The standard InChI is InChI=1S/C6H7Br/c1-3-5-6(7)4-2/h2-3,6H,1,5H2. The minimum atomic E-state index is 0.171. The fourth-order valence-corrected chi connectivity index (χ4v) is 0.479. The molecule has 0 aromatic rings. The van der Waals surface area contributed by atoms with Crippen LogP contribution in [-0.4, -0.2) is 4.83 Å². The Kier molecular flexibility index (Phi) is 3.83. The van der Waals surface area contributed by atoms with Crippen LogP contribution in [0.3, 0.4) is 0 Å². The van der Waals surface area contributed by atoms with Gasteiger partial charge in [-0.05, 0) is 6.42 Å². The fourth-order valence-electron chi connectivity index (χ4n) is 0.214. The first-order valence-electron chi connectivity index (χ1n) is 2.02. The Bertz CT molecular complexity index is 88.8. The minimum absolute atomic E-state index is 0.171. The quantitative estimate of drug-likeness (QED) is 0.328. The van der Waals surface area contributed by atoms with E-state index in [0.717, 1.165) is 6.42 Å². The van der Waals surface area contributed by atoms with Crippen molar-refractivity contribution in [2.24, 2.45) is 0 Å². The molecule has 0 rings (SSSR count). The summed E-state index contributed by atoms with van der Waals surface area (Å²) in [6, 6.07) is 0. The molecule has 0 amide bonds. The molecule has 1 atom stereocenters. The average Bonchev–Trinajstić information content (AvgIpc) is 1.68. The summed E-state index contributed by atoms with van der Waals surface area (Å²) in [5.74, 6) is 2.51. The molecular formula is C6H7Br. The van der Waals surface area contributed by atoms with Crippen molar-refractivity contribution in [3.05, 3.63) is 12.7 Å². The van der Waals surface area contributed by atoms with Gasteiger partial charge in [-0.25, -0.2) is 0 Å². The van der Waals surface area contributed by atoms with Crippen LogP contribution in [0.2, 0.25) is 0 Å². The van der Waals surface area contributed by atoms with Crippen LogP contribution < -0.4 is 0 Å². The Labute approximate surface area is 52.7 Å². The minimum Gasteiger partial charge on any atom is -0.119 e. The molecule has 0 bridgehead atoms. The summed E-state index contributed by atoms with van der Waals surface area (Å²) >= 11 is 3.23. The van der Waals surface area contributed by atoms with Gasteiger partial charge in [-0.15, -0.1) is 13.0 Å². The van der Waals surface area contributed by atoms with Crippen LogP contribution >= 0.6 is 15.9 Å². The van der Waals surface area contributed by atoms with Crippen molar-refractivity contribution in [3.8, 4) is 12.3 Å². The maximum atomic E-state index is 5.01. The van der Waals surface area contributed by atoms with Gasteiger partial charge in [0.1, 0.15) is 0 Å². The normalized spacial score (nSPS) is 12.0. The smallest absolute Gasteiger partial charge is 0.0786 e. The van der Waals surface area contributed by atoms with E-state index in [1.807, 2.05) is 0 Å². The summed E-state index contributed by atoms with van der Waals surface area (Å²) in [6.45, 7) is 3.52. The maximum Gasteiger partial charge on any atom is 0.0786 e. The Hall–Kier alpha value is -0.220. The highest BCUT2D eigenvalue weighted by molar-refractivity contribution is 9.09. The molecule has 0 aliphatic rings. The Morgan fingerprint density at radius 3 is 2.71 bits per heavy atom. The van der Waals surface area contributed by atoms with Crippen LogP contribution in [-0.2, 0) is 0 Å². The van der Waals surface area contributed by atoms with Gasteiger partial charge in [0, 0.05) is 0 Å². The first-order chi connectivity index (χ1) is 3.31. The van der Waals surface area contributed by atoms with Gasteiger partial charge in [-0.1, -0.05) is 27.9 Å². The second kappa shape index (κ2) is 3.95. The Balaban J connectivity index is 3.21. The zero-order valence-electron chi connectivity index (χ0n) is 4.02. The van der Waals surface area contributed by atoms with E-state index in [-0.39, 0.29) is 4.83 Å². The van der Waals surface area contributed by atoms with E-state index in [0.29, 0.717) is 0 Å². The first-order valence-corrected chi connectivity index (χ1v) is 2.94. The molecule has 0 nitrogen and oxygen atoms in total. The number of hydrogen-bond acceptors (Lipinski definition) is 0. The first kappa shape index (κ1) is 6.78. The van der Waals surface area contributed by atoms with E-state index in [1.165, 1.54) is 0 Å². The SMILES string of the molecule is C#CC(Br)CC=C. The lowest BCUT2D eigenvalue weighted by atomic mass is 10.3. The molecule has 0 saturated carbocycles. The van der Waals surface area contributed by atoms with Crippen molar-refractivity contribution in [1.29, 1.82) is 0 Å². The van der Waals surface area contributed by atoms with Crippen molar-refractivity contribution >= 4 is 15.9 Å². The molecule has 0 saturated heterocycles. The average molecular weight is 159 g/mol. The lowest BCUT2D eigenvalue weighted by Crippen LogP contribution is -1.86. The van der Waals surface area contributed by atoms with Gasteiger partial charge in [-0.2, -0.15) is 0 Å². The largest absolute Gasteiger partial charge is 0.119 e. The zero-order chi connectivity index (χ0) is 5.70. The predicted molar refractivity (Wildman–Crippen MR) is 36.4 cm³/mol. The summed E-state index contributed by atoms with van der Waals surface area (Å²) in [4.78, 5) is 0.171. The number of terminal acetylenes is 1. The van der Waals surface area contributed by atoms with Gasteiger partial charge in [-0.3, -0.25) is 0 Å². The third-order valence-corrected chi connectivity index (χ3v) is 1.19. The van der Waals surface area contributed by atoms with Crippen LogP contribution in [0.1, 0.15) is 6.42 Å². The number of rotatable bonds is 2. The van der Waals surface area contributed by atoms with Gasteiger partial charge in [0.05, 0.1) is 4.83 Å². The molecule has 0 radical (unpaired) electrons. The molecule has 0 spiro atoms. The summed E-state index contributed by atoms with van der Waals surface area (Å²) < 4.78 is 0. The number of hydrogen-bond donors (Lipinski definition) is 0. The lowest BCUT2D eigenvalue weighted by Gasteiger charge is -1.90. The van der Waals surface area contributed by atoms with Crippen LogP contribution in [0.25, 0.3) is 0 Å². The summed E-state index contributed by atoms with van der Waals surface area (Å²) in [6.07, 6.45) is 7.65. The maximum absolute atomic E-state index is 5.01. The van der Waals surface area contributed by atoms with E-state index in [4.69, 9.17) is 6.42 Å². The molecule has 0 aliphatic heterocycles. The van der Waals surface area contributed by atoms with Crippen molar-refractivity contribution in [1.82, 2.24) is 0 Å². The van der Waals surface area contributed by atoms with Gasteiger partial charge >= 0.3 is 0 Å². The fraction of sp³-hybridized carbons (Fsp3) is 0.333. The third-order valence-electron chi connectivity index (χ3n) is 0.554. The topological polar surface area (TPSA) is 0 Å². The molecule has 1 heteroatoms. The summed E-state index contributed by atoms with van der Waals surface area (Å²) in [7, 11) is 0. The molecular weight excluding hydrogens is 152 g/mol. The Morgan fingerprint density at radius 1 is 2.00 bits per heavy atom. The van der Waals surface area contributed by atoms with Gasteiger partial charge in [0.2, 0.25) is 0 Å². The highest BCUT2D eigenvalue weighted by Crippen LogP contribution is 2.01. The molecule has 0 aliphatic carbocycles. The second-order valence-electron chi connectivity index (χ2n) is 1.16. The van der Waals surface area contributed by atoms with Crippen molar-refractivity contribution < 1.29 is 0 Å². The third kappa shape index (κ3) is 3.61.